The Morgan fingerprint density at radius 3 is 2.34 bits per heavy atom. The third-order valence-corrected chi connectivity index (χ3v) is 9.27. The summed E-state index contributed by atoms with van der Waals surface area (Å²) in [7, 11) is -1.58. The van der Waals surface area contributed by atoms with Crippen molar-refractivity contribution in [1.82, 2.24) is 15.1 Å². The van der Waals surface area contributed by atoms with E-state index in [9.17, 15) is 26.4 Å². The fraction of sp³-hybridized carbons (Fsp3) is 0.630. The molecule has 0 radical (unpaired) electrons. The van der Waals surface area contributed by atoms with Crippen molar-refractivity contribution in [2.75, 3.05) is 19.9 Å². The summed E-state index contributed by atoms with van der Waals surface area (Å²) in [6.45, 7) is 6.95. The van der Waals surface area contributed by atoms with Gasteiger partial charge >= 0.3 is 6.18 Å². The molecule has 0 atom stereocenters. The van der Waals surface area contributed by atoms with Gasteiger partial charge in [0.25, 0.3) is 5.91 Å². The monoisotopic (exact) mass is 557 g/mol. The number of amides is 1. The summed E-state index contributed by atoms with van der Waals surface area (Å²) in [5.74, 6) is 0.301. The predicted octanol–water partition coefficient (Wildman–Crippen LogP) is 5.35. The molecule has 11 heteroatoms. The van der Waals surface area contributed by atoms with Gasteiger partial charge in [-0.15, -0.1) is 0 Å². The second-order valence-electron chi connectivity index (χ2n) is 10.9. The van der Waals surface area contributed by atoms with Crippen molar-refractivity contribution < 1.29 is 31.1 Å². The molecule has 0 spiro atoms. The first-order chi connectivity index (χ1) is 17.6. The highest BCUT2D eigenvalue weighted by Crippen LogP contribution is 2.42. The predicted molar refractivity (Wildman–Crippen MR) is 141 cm³/mol. The van der Waals surface area contributed by atoms with Crippen LogP contribution in [0.4, 0.5) is 13.2 Å². The topological polar surface area (TPSA) is 90.3 Å². The van der Waals surface area contributed by atoms with E-state index in [1.165, 1.54) is 27.2 Å². The van der Waals surface area contributed by atoms with Crippen LogP contribution in [0.15, 0.2) is 18.2 Å². The van der Waals surface area contributed by atoms with E-state index in [1.54, 1.807) is 29.8 Å². The number of alkyl halides is 3. The Balaban J connectivity index is 1.80. The number of rotatable bonds is 9. The minimum Gasteiger partial charge on any atom is -0.496 e. The van der Waals surface area contributed by atoms with Gasteiger partial charge < -0.3 is 10.1 Å². The summed E-state index contributed by atoms with van der Waals surface area (Å²) >= 11 is 0. The number of nitrogens with zero attached hydrogens (tertiary/aromatic N) is 2. The van der Waals surface area contributed by atoms with Crippen molar-refractivity contribution in [2.45, 2.75) is 77.8 Å². The van der Waals surface area contributed by atoms with E-state index in [0.29, 0.717) is 54.1 Å². The molecule has 7 nitrogen and oxygen atoms in total. The number of carbonyl (C=O) groups excluding carboxylic acids is 1. The quantitative estimate of drug-likeness (QED) is 0.449. The number of benzene rings is 1. The SMILES string of the molecule is CCn1nc(C(=O)NC[C@H]2CC[C@H](S(C)(=O)=O)CC2)c(C)c1-c1ccc(CC(C)(C)C(F)(F)F)cc1OC. The lowest BCUT2D eigenvalue weighted by Crippen LogP contribution is -2.34. The Morgan fingerprint density at radius 1 is 1.18 bits per heavy atom. The highest BCUT2D eigenvalue weighted by molar-refractivity contribution is 7.91. The van der Waals surface area contributed by atoms with Gasteiger partial charge in [-0.2, -0.15) is 18.3 Å². The molecular formula is C27H38F3N3O4S. The molecule has 1 aromatic heterocycles. The molecule has 1 N–H and O–H groups in total. The minimum absolute atomic E-state index is 0.196. The molecule has 1 amide bonds. The van der Waals surface area contributed by atoms with Gasteiger partial charge in [0.1, 0.15) is 15.6 Å². The first-order valence-corrected chi connectivity index (χ1v) is 14.8. The summed E-state index contributed by atoms with van der Waals surface area (Å²) in [4.78, 5) is 13.1. The molecule has 1 aromatic carbocycles. The second-order valence-corrected chi connectivity index (χ2v) is 13.2. The maximum Gasteiger partial charge on any atom is 0.394 e. The standard InChI is InChI=1S/C27H38F3N3O4S/c1-7-33-24(21-13-10-19(14-22(21)37-5)15-26(3,4)27(28,29)30)17(2)23(32-33)25(34)31-16-18-8-11-20(12-9-18)38(6,35)36/h10,13-14,18,20H,7-9,11-12,15-16H2,1-6H3,(H,31,34)/t18-,20-. The fourth-order valence-electron chi connectivity index (χ4n) is 5.07. The molecule has 2 aromatic rings. The van der Waals surface area contributed by atoms with E-state index in [1.807, 2.05) is 6.92 Å². The molecule has 1 aliphatic rings. The van der Waals surface area contributed by atoms with Crippen LogP contribution in [0.25, 0.3) is 11.3 Å². The second kappa shape index (κ2) is 11.3. The van der Waals surface area contributed by atoms with Crippen molar-refractivity contribution in [1.29, 1.82) is 0 Å². The average molecular weight is 558 g/mol. The smallest absolute Gasteiger partial charge is 0.394 e. The fourth-order valence-corrected chi connectivity index (χ4v) is 6.20. The minimum atomic E-state index is -4.34. The van der Waals surface area contributed by atoms with Crippen LogP contribution in [0.1, 0.15) is 68.1 Å². The molecule has 1 heterocycles. The van der Waals surface area contributed by atoms with Crippen LogP contribution in [-0.4, -0.2) is 55.4 Å². The number of methoxy groups -OCH3 is 1. The Bertz CT molecular complexity index is 1260. The van der Waals surface area contributed by atoms with Crippen LogP contribution in [0.3, 0.4) is 0 Å². The van der Waals surface area contributed by atoms with Gasteiger partial charge in [-0.3, -0.25) is 9.48 Å². The van der Waals surface area contributed by atoms with Crippen LogP contribution in [0.2, 0.25) is 0 Å². The largest absolute Gasteiger partial charge is 0.496 e. The molecule has 3 rings (SSSR count). The number of hydrogen-bond donors (Lipinski definition) is 1. The summed E-state index contributed by atoms with van der Waals surface area (Å²) in [6, 6.07) is 4.99. The first kappa shape index (κ1) is 30.0. The van der Waals surface area contributed by atoms with Crippen LogP contribution >= 0.6 is 0 Å². The number of nitrogens with one attached hydrogen (secondary N) is 1. The number of aryl methyl sites for hydroxylation is 1. The molecule has 0 bridgehead atoms. The third-order valence-electron chi connectivity index (χ3n) is 7.59. The van der Waals surface area contributed by atoms with Gasteiger partial charge in [0.2, 0.25) is 0 Å². The molecule has 1 aliphatic carbocycles. The zero-order valence-corrected chi connectivity index (χ0v) is 23.7. The molecule has 38 heavy (non-hydrogen) atoms. The Kier molecular flexibility index (Phi) is 8.90. The Hall–Kier alpha value is -2.56. The van der Waals surface area contributed by atoms with E-state index < -0.39 is 21.4 Å². The lowest BCUT2D eigenvalue weighted by atomic mass is 9.84. The van der Waals surface area contributed by atoms with Crippen molar-refractivity contribution in [3.05, 3.63) is 35.0 Å². The van der Waals surface area contributed by atoms with Crippen molar-refractivity contribution in [3.63, 3.8) is 0 Å². The van der Waals surface area contributed by atoms with Crippen LogP contribution in [-0.2, 0) is 22.8 Å². The summed E-state index contributed by atoms with van der Waals surface area (Å²) in [5, 5.41) is 7.17. The summed E-state index contributed by atoms with van der Waals surface area (Å²) in [6.07, 6.45) is -0.590. The van der Waals surface area contributed by atoms with E-state index in [0.717, 1.165) is 12.8 Å². The zero-order chi connectivity index (χ0) is 28.5. The van der Waals surface area contributed by atoms with E-state index in [2.05, 4.69) is 10.4 Å². The van der Waals surface area contributed by atoms with Gasteiger partial charge in [0, 0.05) is 30.5 Å². The van der Waals surface area contributed by atoms with E-state index >= 15 is 0 Å². The van der Waals surface area contributed by atoms with Gasteiger partial charge in [-0.1, -0.05) is 19.9 Å². The number of hydrogen-bond acceptors (Lipinski definition) is 5. The molecule has 0 saturated heterocycles. The Labute approximate surface area is 223 Å². The van der Waals surface area contributed by atoms with Crippen LogP contribution in [0.5, 0.6) is 5.75 Å². The molecule has 1 saturated carbocycles. The van der Waals surface area contributed by atoms with E-state index in [4.69, 9.17) is 4.74 Å². The first-order valence-electron chi connectivity index (χ1n) is 12.9. The average Bonchev–Trinajstić information content (AvgIpc) is 3.17. The lowest BCUT2D eigenvalue weighted by Gasteiger charge is -2.28. The number of aromatic nitrogens is 2. The van der Waals surface area contributed by atoms with Crippen LogP contribution in [0, 0.1) is 18.3 Å². The van der Waals surface area contributed by atoms with E-state index in [-0.39, 0.29) is 29.2 Å². The maximum atomic E-state index is 13.4. The van der Waals surface area contributed by atoms with Gasteiger partial charge in [0.15, 0.2) is 5.69 Å². The molecule has 212 valence electrons. The van der Waals surface area contributed by atoms with Gasteiger partial charge in [-0.25, -0.2) is 8.42 Å². The number of carbonyl (C=O) groups is 1. The maximum absolute atomic E-state index is 13.4. The van der Waals surface area contributed by atoms with Gasteiger partial charge in [0.05, 0.1) is 23.5 Å². The highest BCUT2D eigenvalue weighted by atomic mass is 32.2. The third kappa shape index (κ3) is 6.52. The normalized spacial score (nSPS) is 18.9. The Morgan fingerprint density at radius 2 is 1.82 bits per heavy atom. The van der Waals surface area contributed by atoms with Gasteiger partial charge in [-0.05, 0) is 69.6 Å². The summed E-state index contributed by atoms with van der Waals surface area (Å²) < 4.78 is 71.1. The van der Waals surface area contributed by atoms with Crippen molar-refractivity contribution >= 4 is 15.7 Å². The van der Waals surface area contributed by atoms with Crippen molar-refractivity contribution in [3.8, 4) is 17.0 Å². The number of halogens is 3. The zero-order valence-electron chi connectivity index (χ0n) is 22.9. The summed E-state index contributed by atoms with van der Waals surface area (Å²) in [5.41, 5.74) is 0.839. The lowest BCUT2D eigenvalue weighted by molar-refractivity contribution is -0.211. The molecule has 0 aliphatic heterocycles. The van der Waals surface area contributed by atoms with Crippen molar-refractivity contribution in [2.24, 2.45) is 11.3 Å². The molecule has 0 unspecified atom stereocenters. The highest BCUT2D eigenvalue weighted by Gasteiger charge is 2.47. The number of ether oxygens (including phenoxy) is 1. The number of sulfone groups is 1. The van der Waals surface area contributed by atoms with Crippen LogP contribution < -0.4 is 10.1 Å². The molecule has 1 fully saturated rings. The molecular weight excluding hydrogens is 519 g/mol.